The molecule has 2 aromatic rings. The minimum absolute atomic E-state index is 0.194. The second kappa shape index (κ2) is 8.01. The van der Waals surface area contributed by atoms with E-state index in [4.69, 9.17) is 4.74 Å². The van der Waals surface area contributed by atoms with Gasteiger partial charge in [-0.15, -0.1) is 0 Å². The second-order valence-corrected chi connectivity index (χ2v) is 8.91. The number of fused-ring (bicyclic) bond motifs is 1. The number of benzene rings is 1. The summed E-state index contributed by atoms with van der Waals surface area (Å²) in [6.45, 7) is 0.579. The first kappa shape index (κ1) is 21.1. The van der Waals surface area contributed by atoms with E-state index < -0.39 is 28.0 Å². The van der Waals surface area contributed by atoms with Crippen LogP contribution >= 0.6 is 0 Å². The molecule has 158 valence electrons. The summed E-state index contributed by atoms with van der Waals surface area (Å²) in [7, 11) is -1.85. The van der Waals surface area contributed by atoms with Crippen molar-refractivity contribution in [2.45, 2.75) is 12.6 Å². The van der Waals surface area contributed by atoms with E-state index in [2.05, 4.69) is 0 Å². The number of sulfonamides is 1. The molecule has 10 nitrogen and oxygen atoms in total. The lowest BCUT2D eigenvalue weighted by Crippen LogP contribution is -2.50. The number of methoxy groups -OCH3 is 1. The van der Waals surface area contributed by atoms with Crippen molar-refractivity contribution in [2.24, 2.45) is 0 Å². The lowest BCUT2D eigenvalue weighted by molar-refractivity contribution is -0.144. The van der Waals surface area contributed by atoms with Gasteiger partial charge in [0, 0.05) is 48.8 Å². The highest BCUT2D eigenvalue weighted by Gasteiger charge is 2.34. The average Bonchev–Trinajstić information content (AvgIpc) is 2.98. The average molecular weight is 425 g/mol. The second-order valence-electron chi connectivity index (χ2n) is 6.93. The third kappa shape index (κ3) is 4.36. The highest BCUT2D eigenvalue weighted by molar-refractivity contribution is 7.88. The van der Waals surface area contributed by atoms with Gasteiger partial charge in [0.25, 0.3) is 0 Å². The predicted octanol–water partition coefficient (Wildman–Crippen LogP) is 0.437. The van der Waals surface area contributed by atoms with Gasteiger partial charge in [-0.2, -0.15) is 4.31 Å². The van der Waals surface area contributed by atoms with Crippen LogP contribution in [0.5, 0.6) is 5.75 Å². The summed E-state index contributed by atoms with van der Waals surface area (Å²) < 4.78 is 31.5. The molecular weight excluding hydrogens is 402 g/mol. The Kier molecular flexibility index (Phi) is 5.82. The van der Waals surface area contributed by atoms with Gasteiger partial charge in [0.1, 0.15) is 18.3 Å². The Balaban J connectivity index is 2.03. The largest absolute Gasteiger partial charge is 0.497 e. The van der Waals surface area contributed by atoms with Crippen molar-refractivity contribution < 1.29 is 33.0 Å². The quantitative estimate of drug-likeness (QED) is 0.654. The molecule has 1 aliphatic heterocycles. The van der Waals surface area contributed by atoms with Crippen LogP contribution in [0.25, 0.3) is 10.9 Å². The number of hydrogen-bond acceptors (Lipinski definition) is 6. The molecule has 0 saturated carbocycles. The lowest BCUT2D eigenvalue weighted by atomic mass is 10.0. The van der Waals surface area contributed by atoms with Crippen LogP contribution in [-0.4, -0.2) is 83.9 Å². The molecule has 0 unspecified atom stereocenters. The molecule has 2 N–H and O–H groups in total. The highest BCUT2D eigenvalue weighted by atomic mass is 32.2. The smallest absolute Gasteiger partial charge is 0.325 e. The molecule has 0 aliphatic carbocycles. The molecule has 0 bridgehead atoms. The monoisotopic (exact) mass is 425 g/mol. The fourth-order valence-electron chi connectivity index (χ4n) is 3.70. The Morgan fingerprint density at radius 2 is 1.83 bits per heavy atom. The topological polar surface area (TPSA) is 129 Å². The van der Waals surface area contributed by atoms with Gasteiger partial charge in [0.2, 0.25) is 10.0 Å². The number of aliphatic carboxylic acids is 2. The molecule has 1 atom stereocenters. The molecule has 0 amide bonds. The zero-order valence-electron chi connectivity index (χ0n) is 16.1. The summed E-state index contributed by atoms with van der Waals surface area (Å²) in [4.78, 5) is 25.1. The van der Waals surface area contributed by atoms with E-state index in [1.807, 2.05) is 0 Å². The van der Waals surface area contributed by atoms with Gasteiger partial charge in [-0.05, 0) is 18.2 Å². The normalized spacial score (nSPS) is 17.3. The molecule has 1 saturated heterocycles. The molecule has 1 aromatic carbocycles. The van der Waals surface area contributed by atoms with Crippen LogP contribution < -0.4 is 4.74 Å². The molecule has 1 aliphatic rings. The number of carbonyl (C=O) groups is 2. The number of nitrogens with zero attached hydrogens (tertiary/aromatic N) is 3. The first-order valence-corrected chi connectivity index (χ1v) is 10.8. The summed E-state index contributed by atoms with van der Waals surface area (Å²) in [5.41, 5.74) is 1.03. The number of ether oxygens (including phenoxy) is 1. The number of hydrogen-bond donors (Lipinski definition) is 2. The molecule has 1 fully saturated rings. The number of rotatable bonds is 7. The minimum atomic E-state index is -3.34. The van der Waals surface area contributed by atoms with E-state index in [9.17, 15) is 28.2 Å². The molecule has 0 spiro atoms. The number of carboxylic acid groups (broad SMARTS) is 2. The van der Waals surface area contributed by atoms with Crippen LogP contribution in [-0.2, 0) is 26.2 Å². The van der Waals surface area contributed by atoms with Crippen molar-refractivity contribution >= 4 is 32.9 Å². The van der Waals surface area contributed by atoms with Gasteiger partial charge in [0.05, 0.1) is 13.4 Å². The molecule has 11 heteroatoms. The van der Waals surface area contributed by atoms with Crippen LogP contribution in [0, 0.1) is 0 Å². The standard InChI is InChI=1S/C18H23N3O7S/c1-28-12-3-4-15-13(9-12)14(10-20(15)11-16(22)23)17(18(24)25)19-5-7-21(8-6-19)29(2,26)27/h3-4,9-10,17H,5-8,11H2,1-2H3,(H,22,23)(H,24,25)/t17-/m1/s1. The fraction of sp³-hybridized carbons (Fsp3) is 0.444. The number of aromatic nitrogens is 1. The molecule has 0 radical (unpaired) electrons. The zero-order chi connectivity index (χ0) is 21.3. The van der Waals surface area contributed by atoms with Crippen molar-refractivity contribution in [2.75, 3.05) is 39.5 Å². The van der Waals surface area contributed by atoms with E-state index in [0.29, 0.717) is 22.2 Å². The summed E-state index contributed by atoms with van der Waals surface area (Å²) in [5, 5.41) is 19.7. The molecule has 1 aromatic heterocycles. The van der Waals surface area contributed by atoms with Crippen LogP contribution in [0.1, 0.15) is 11.6 Å². The van der Waals surface area contributed by atoms with Gasteiger partial charge < -0.3 is 19.5 Å². The first-order valence-electron chi connectivity index (χ1n) is 8.92. The van der Waals surface area contributed by atoms with Crippen LogP contribution in [0.3, 0.4) is 0 Å². The maximum atomic E-state index is 12.2. The SMILES string of the molecule is COc1ccc2c(c1)c([C@H](C(=O)O)N1CCN(S(C)(=O)=O)CC1)cn2CC(=O)O. The summed E-state index contributed by atoms with van der Waals surface area (Å²) >= 11 is 0. The van der Waals surface area contributed by atoms with Crippen molar-refractivity contribution in [1.29, 1.82) is 0 Å². The van der Waals surface area contributed by atoms with E-state index in [1.165, 1.54) is 16.0 Å². The first-order chi connectivity index (χ1) is 13.6. The van der Waals surface area contributed by atoms with Gasteiger partial charge in [0.15, 0.2) is 0 Å². The van der Waals surface area contributed by atoms with Crippen LogP contribution in [0.2, 0.25) is 0 Å². The summed E-state index contributed by atoms with van der Waals surface area (Å²) in [6, 6.07) is 4.03. The van der Waals surface area contributed by atoms with Crippen LogP contribution in [0.4, 0.5) is 0 Å². The highest BCUT2D eigenvalue weighted by Crippen LogP contribution is 2.33. The van der Waals surface area contributed by atoms with Crippen LogP contribution in [0.15, 0.2) is 24.4 Å². The van der Waals surface area contributed by atoms with E-state index >= 15 is 0 Å². The number of piperazine rings is 1. The predicted molar refractivity (Wildman–Crippen MR) is 104 cm³/mol. The third-order valence-electron chi connectivity index (χ3n) is 5.06. The Hall–Kier alpha value is -2.63. The molecule has 29 heavy (non-hydrogen) atoms. The number of carboxylic acids is 2. The van der Waals surface area contributed by atoms with Gasteiger partial charge in [-0.3, -0.25) is 14.5 Å². The van der Waals surface area contributed by atoms with Crippen molar-refractivity contribution in [3.8, 4) is 5.75 Å². The maximum Gasteiger partial charge on any atom is 0.325 e. The van der Waals surface area contributed by atoms with Gasteiger partial charge in [-0.1, -0.05) is 0 Å². The molecular formula is C18H23N3O7S. The minimum Gasteiger partial charge on any atom is -0.497 e. The zero-order valence-corrected chi connectivity index (χ0v) is 16.9. The van der Waals surface area contributed by atoms with Crippen molar-refractivity contribution in [3.05, 3.63) is 30.0 Å². The van der Waals surface area contributed by atoms with Gasteiger partial charge >= 0.3 is 11.9 Å². The van der Waals surface area contributed by atoms with E-state index in [-0.39, 0.29) is 32.7 Å². The Bertz CT molecular complexity index is 1040. The fourth-order valence-corrected chi connectivity index (χ4v) is 4.53. The van der Waals surface area contributed by atoms with Crippen molar-refractivity contribution in [1.82, 2.24) is 13.8 Å². The summed E-state index contributed by atoms with van der Waals surface area (Å²) in [5.74, 6) is -1.61. The van der Waals surface area contributed by atoms with Crippen molar-refractivity contribution in [3.63, 3.8) is 0 Å². The lowest BCUT2D eigenvalue weighted by Gasteiger charge is -2.36. The van der Waals surface area contributed by atoms with E-state index in [1.54, 1.807) is 29.3 Å². The Morgan fingerprint density at radius 3 is 2.34 bits per heavy atom. The third-order valence-corrected chi connectivity index (χ3v) is 6.36. The van der Waals surface area contributed by atoms with Gasteiger partial charge in [-0.25, -0.2) is 8.42 Å². The van der Waals surface area contributed by atoms with E-state index in [0.717, 1.165) is 6.26 Å². The summed E-state index contributed by atoms with van der Waals surface area (Å²) in [6.07, 6.45) is 2.67. The molecule has 3 rings (SSSR count). The Labute approximate surface area is 167 Å². The Morgan fingerprint density at radius 1 is 1.17 bits per heavy atom. The molecule has 2 heterocycles. The maximum absolute atomic E-state index is 12.2.